The third kappa shape index (κ3) is 2.65. The number of benzene rings is 1. The second-order valence-electron chi connectivity index (χ2n) is 6.12. The van der Waals surface area contributed by atoms with E-state index in [2.05, 4.69) is 0 Å². The molecule has 0 aliphatic carbocycles. The average molecular weight is 355 g/mol. The molecule has 1 aliphatic heterocycles. The Bertz CT molecular complexity index is 962. The van der Waals surface area contributed by atoms with Crippen molar-refractivity contribution in [1.29, 1.82) is 0 Å². The number of aromatic nitrogens is 1. The molecule has 0 saturated carbocycles. The number of nitrogens with zero attached hydrogens (tertiary/aromatic N) is 3. The number of imide groups is 2. The topological polar surface area (TPSA) is 99.9 Å². The normalized spacial score (nSPS) is 16.4. The minimum absolute atomic E-state index is 0.104. The molecule has 1 aromatic heterocycles. The molecule has 26 heavy (non-hydrogen) atoms. The van der Waals surface area contributed by atoms with Gasteiger partial charge in [0.25, 0.3) is 11.8 Å². The van der Waals surface area contributed by atoms with Crippen LogP contribution in [0, 0.1) is 0 Å². The van der Waals surface area contributed by atoms with E-state index in [1.807, 2.05) is 0 Å². The third-order valence-electron chi connectivity index (χ3n) is 4.47. The van der Waals surface area contributed by atoms with Crippen molar-refractivity contribution in [2.75, 3.05) is 14.1 Å². The molecule has 1 saturated heterocycles. The molecule has 0 radical (unpaired) electrons. The van der Waals surface area contributed by atoms with Crippen LogP contribution in [0.15, 0.2) is 36.0 Å². The molecule has 0 spiro atoms. The van der Waals surface area contributed by atoms with Gasteiger partial charge in [0, 0.05) is 31.2 Å². The zero-order chi connectivity index (χ0) is 19.2. The van der Waals surface area contributed by atoms with Gasteiger partial charge >= 0.3 is 12.0 Å². The number of aliphatic carboxylic acids is 1. The Labute approximate surface area is 148 Å². The van der Waals surface area contributed by atoms with Gasteiger partial charge in [-0.1, -0.05) is 6.07 Å². The van der Waals surface area contributed by atoms with Crippen LogP contribution in [-0.2, 0) is 14.4 Å². The molecule has 8 nitrogen and oxygen atoms in total. The predicted molar refractivity (Wildman–Crippen MR) is 93.2 cm³/mol. The first-order valence-electron chi connectivity index (χ1n) is 7.87. The van der Waals surface area contributed by atoms with E-state index >= 15 is 0 Å². The number of urea groups is 1. The molecular formula is C18H17N3O5. The molecular weight excluding hydrogens is 338 g/mol. The Kier molecular flexibility index (Phi) is 4.11. The van der Waals surface area contributed by atoms with Crippen LogP contribution in [0.25, 0.3) is 17.0 Å². The zero-order valence-electron chi connectivity index (χ0n) is 14.5. The fourth-order valence-corrected chi connectivity index (χ4v) is 2.87. The number of rotatable bonds is 3. The lowest BCUT2D eigenvalue weighted by molar-refractivity contribution is -0.140. The second-order valence-corrected chi connectivity index (χ2v) is 6.12. The molecule has 2 aromatic rings. The number of amides is 4. The largest absolute Gasteiger partial charge is 0.480 e. The maximum absolute atomic E-state index is 12.2. The van der Waals surface area contributed by atoms with Gasteiger partial charge in [-0.25, -0.2) is 9.59 Å². The summed E-state index contributed by atoms with van der Waals surface area (Å²) in [6.45, 7) is 1.58. The molecule has 1 unspecified atom stereocenters. The van der Waals surface area contributed by atoms with E-state index in [1.54, 1.807) is 42.0 Å². The highest BCUT2D eigenvalue weighted by Gasteiger charge is 2.37. The minimum atomic E-state index is -0.942. The number of hydrogen-bond donors (Lipinski definition) is 1. The lowest BCUT2D eigenvalue weighted by Gasteiger charge is -2.28. The molecule has 0 bridgehead atoms. The number of hydrogen-bond acceptors (Lipinski definition) is 4. The third-order valence-corrected chi connectivity index (χ3v) is 4.47. The Morgan fingerprint density at radius 2 is 1.69 bits per heavy atom. The lowest BCUT2D eigenvalue weighted by atomic mass is 10.1. The number of carboxylic acid groups (broad SMARTS) is 1. The molecule has 1 fully saturated rings. The van der Waals surface area contributed by atoms with Crippen LogP contribution in [0.5, 0.6) is 0 Å². The highest BCUT2D eigenvalue weighted by molar-refractivity contribution is 6.30. The van der Waals surface area contributed by atoms with Crippen molar-refractivity contribution < 1.29 is 24.3 Å². The highest BCUT2D eigenvalue weighted by Crippen LogP contribution is 2.24. The van der Waals surface area contributed by atoms with Crippen molar-refractivity contribution in [3.63, 3.8) is 0 Å². The van der Waals surface area contributed by atoms with Crippen LogP contribution in [0.1, 0.15) is 18.5 Å². The van der Waals surface area contributed by atoms with Gasteiger partial charge < -0.3 is 9.67 Å². The maximum Gasteiger partial charge on any atom is 0.333 e. The van der Waals surface area contributed by atoms with Crippen LogP contribution >= 0.6 is 0 Å². The van der Waals surface area contributed by atoms with Gasteiger partial charge in [0.15, 0.2) is 0 Å². The summed E-state index contributed by atoms with van der Waals surface area (Å²) >= 11 is 0. The number of fused-ring (bicyclic) bond motifs is 1. The van der Waals surface area contributed by atoms with Crippen molar-refractivity contribution in [3.05, 3.63) is 41.6 Å². The van der Waals surface area contributed by atoms with Crippen molar-refractivity contribution >= 4 is 40.8 Å². The molecule has 3 rings (SSSR count). The van der Waals surface area contributed by atoms with E-state index in [9.17, 15) is 24.3 Å². The molecule has 1 N–H and O–H groups in total. The molecule has 4 amide bonds. The summed E-state index contributed by atoms with van der Waals surface area (Å²) in [6, 6.07) is 5.56. The first kappa shape index (κ1) is 17.4. The summed E-state index contributed by atoms with van der Waals surface area (Å²) in [6.07, 6.45) is 3.11. The van der Waals surface area contributed by atoms with Gasteiger partial charge in [0.1, 0.15) is 11.6 Å². The van der Waals surface area contributed by atoms with Crippen molar-refractivity contribution in [3.8, 4) is 0 Å². The van der Waals surface area contributed by atoms with E-state index in [0.717, 1.165) is 20.7 Å². The molecule has 134 valence electrons. The molecule has 2 heterocycles. The van der Waals surface area contributed by atoms with Gasteiger partial charge in [-0.3, -0.25) is 19.4 Å². The van der Waals surface area contributed by atoms with Crippen LogP contribution in [0.3, 0.4) is 0 Å². The first-order valence-corrected chi connectivity index (χ1v) is 7.87. The Hall–Kier alpha value is -3.42. The summed E-state index contributed by atoms with van der Waals surface area (Å²) in [5.41, 5.74) is 1.23. The highest BCUT2D eigenvalue weighted by atomic mass is 16.4. The van der Waals surface area contributed by atoms with Gasteiger partial charge in [-0.05, 0) is 36.8 Å². The van der Waals surface area contributed by atoms with Gasteiger partial charge in [0.05, 0.1) is 0 Å². The van der Waals surface area contributed by atoms with Crippen molar-refractivity contribution in [2.45, 2.75) is 13.0 Å². The van der Waals surface area contributed by atoms with E-state index in [-0.39, 0.29) is 5.57 Å². The van der Waals surface area contributed by atoms with E-state index in [4.69, 9.17) is 0 Å². The van der Waals surface area contributed by atoms with Gasteiger partial charge in [-0.2, -0.15) is 0 Å². The Balaban J connectivity index is 2.02. The summed E-state index contributed by atoms with van der Waals surface area (Å²) in [5.74, 6) is -2.26. The molecule has 1 aromatic carbocycles. The van der Waals surface area contributed by atoms with Crippen LogP contribution in [0.4, 0.5) is 4.79 Å². The van der Waals surface area contributed by atoms with Gasteiger partial charge in [0.2, 0.25) is 0 Å². The molecule has 1 atom stereocenters. The number of barbiturate groups is 1. The number of carboxylic acids is 1. The van der Waals surface area contributed by atoms with Gasteiger partial charge in [-0.15, -0.1) is 0 Å². The quantitative estimate of drug-likeness (QED) is 0.667. The smallest absolute Gasteiger partial charge is 0.333 e. The van der Waals surface area contributed by atoms with Crippen molar-refractivity contribution in [1.82, 2.24) is 14.4 Å². The maximum atomic E-state index is 12.2. The predicted octanol–water partition coefficient (Wildman–Crippen LogP) is 1.72. The van der Waals surface area contributed by atoms with Crippen LogP contribution in [-0.4, -0.2) is 57.4 Å². The summed E-state index contributed by atoms with van der Waals surface area (Å²) in [5, 5.41) is 9.95. The van der Waals surface area contributed by atoms with E-state index < -0.39 is 29.9 Å². The lowest BCUT2D eigenvalue weighted by Crippen LogP contribution is -2.52. The van der Waals surface area contributed by atoms with Crippen molar-refractivity contribution in [2.24, 2.45) is 0 Å². The number of likely N-dealkylation sites (N-methyl/N-ethyl adjacent to an activating group) is 2. The minimum Gasteiger partial charge on any atom is -0.480 e. The Morgan fingerprint density at radius 3 is 2.27 bits per heavy atom. The number of carbonyl (C=O) groups is 4. The Morgan fingerprint density at radius 1 is 1.08 bits per heavy atom. The van der Waals surface area contributed by atoms with Crippen LogP contribution in [0.2, 0.25) is 0 Å². The SMILES string of the molecule is CC(C(=O)O)n1ccc2cc(C=C3C(=O)N(C)C(=O)N(C)C3=O)ccc21. The first-order chi connectivity index (χ1) is 12.2. The standard InChI is InChI=1S/C18H17N3O5/c1-10(17(24)25)21-7-6-12-8-11(4-5-14(12)21)9-13-15(22)19(2)18(26)20(3)16(13)23/h4-10H,1-3H3,(H,24,25). The van der Waals surface area contributed by atoms with Crippen LogP contribution < -0.4 is 0 Å². The second kappa shape index (κ2) is 6.14. The monoisotopic (exact) mass is 355 g/mol. The zero-order valence-corrected chi connectivity index (χ0v) is 14.5. The summed E-state index contributed by atoms with van der Waals surface area (Å²) in [4.78, 5) is 49.2. The summed E-state index contributed by atoms with van der Waals surface area (Å²) in [7, 11) is 2.64. The summed E-state index contributed by atoms with van der Waals surface area (Å²) < 4.78 is 1.63. The fourth-order valence-electron chi connectivity index (χ4n) is 2.87. The van der Waals surface area contributed by atoms with E-state index in [0.29, 0.717) is 5.56 Å². The molecule has 1 aliphatic rings. The average Bonchev–Trinajstić information content (AvgIpc) is 3.04. The van der Waals surface area contributed by atoms with E-state index in [1.165, 1.54) is 20.2 Å². The number of carbonyl (C=O) groups excluding carboxylic acids is 3. The molecule has 8 heteroatoms. The fraction of sp³-hybridized carbons (Fsp3) is 0.222.